The van der Waals surface area contributed by atoms with Gasteiger partial charge in [0.15, 0.2) is 5.76 Å². The third-order valence-corrected chi connectivity index (χ3v) is 5.05. The molecule has 1 saturated carbocycles. The molecule has 1 fully saturated rings. The summed E-state index contributed by atoms with van der Waals surface area (Å²) in [5.41, 5.74) is 3.02. The van der Waals surface area contributed by atoms with E-state index < -0.39 is 11.9 Å². The first-order chi connectivity index (χ1) is 13.1. The highest BCUT2D eigenvalue weighted by Gasteiger charge is 2.31. The largest absolute Gasteiger partial charge is 0.761 e. The van der Waals surface area contributed by atoms with Crippen molar-refractivity contribution in [2.24, 2.45) is 5.92 Å². The van der Waals surface area contributed by atoms with Crippen molar-refractivity contribution in [3.8, 4) is 11.3 Å². The van der Waals surface area contributed by atoms with Gasteiger partial charge in [0.2, 0.25) is 5.91 Å². The summed E-state index contributed by atoms with van der Waals surface area (Å²) in [6.07, 6.45) is 5.19. The first kappa shape index (κ1) is 19.0. The summed E-state index contributed by atoms with van der Waals surface area (Å²) in [6.45, 7) is 0. The van der Waals surface area contributed by atoms with E-state index in [1.807, 2.05) is 5.48 Å². The highest BCUT2D eigenvalue weighted by Crippen LogP contribution is 2.27. The number of carbonyl (C=O) groups is 2. The van der Waals surface area contributed by atoms with E-state index in [1.165, 1.54) is 6.42 Å². The maximum atomic E-state index is 12.6. The number of amides is 2. The minimum Gasteiger partial charge on any atom is -0.761 e. The van der Waals surface area contributed by atoms with Gasteiger partial charge >= 0.3 is 0 Å². The van der Waals surface area contributed by atoms with Gasteiger partial charge in [-0.15, -0.1) is 0 Å². The molecule has 3 N–H and O–H groups in total. The molecule has 1 aromatic heterocycles. The molecule has 1 atom stereocenters. The molecule has 3 rings (SSSR count). The zero-order valence-electron chi connectivity index (χ0n) is 15.3. The average Bonchev–Trinajstić information content (AvgIpc) is 3.22. The summed E-state index contributed by atoms with van der Waals surface area (Å²) in [7, 11) is 1.58. The average molecular weight is 370 g/mol. The zero-order valence-corrected chi connectivity index (χ0v) is 15.3. The van der Waals surface area contributed by atoms with Crippen LogP contribution in [0.15, 0.2) is 40.8 Å². The lowest BCUT2D eigenvalue weighted by molar-refractivity contribution is -0.124. The molecule has 0 bridgehead atoms. The number of rotatable bonds is 6. The van der Waals surface area contributed by atoms with Crippen molar-refractivity contribution in [3.05, 3.63) is 47.4 Å². The van der Waals surface area contributed by atoms with Crippen molar-refractivity contribution >= 4 is 17.5 Å². The first-order valence-corrected chi connectivity index (χ1v) is 9.23. The molecule has 144 valence electrons. The van der Waals surface area contributed by atoms with Crippen molar-refractivity contribution in [3.63, 3.8) is 0 Å². The molecular formula is C20H24N3O4-. The van der Waals surface area contributed by atoms with E-state index in [0.717, 1.165) is 31.2 Å². The van der Waals surface area contributed by atoms with Crippen molar-refractivity contribution < 1.29 is 14.0 Å². The number of carbonyl (C=O) groups excluding carboxylic acids is 2. The molecular weight excluding hydrogens is 346 g/mol. The minimum atomic E-state index is -0.557. The Morgan fingerprint density at radius 3 is 2.41 bits per heavy atom. The van der Waals surface area contributed by atoms with E-state index in [2.05, 4.69) is 10.6 Å². The van der Waals surface area contributed by atoms with Crippen molar-refractivity contribution in [1.82, 2.24) is 10.6 Å². The van der Waals surface area contributed by atoms with Crippen molar-refractivity contribution in [1.29, 1.82) is 0 Å². The quantitative estimate of drug-likeness (QED) is 0.677. The Hall–Kier alpha value is -2.80. The monoisotopic (exact) mass is 370 g/mol. The fourth-order valence-electron chi connectivity index (χ4n) is 3.55. The Balaban J connectivity index is 1.72. The second-order valence-corrected chi connectivity index (χ2v) is 6.81. The number of benzene rings is 1. The van der Waals surface area contributed by atoms with Gasteiger partial charge in [-0.05, 0) is 55.2 Å². The number of nitrogens with one attached hydrogen (secondary N) is 3. The van der Waals surface area contributed by atoms with Crippen LogP contribution >= 0.6 is 0 Å². The lowest BCUT2D eigenvalue weighted by atomic mass is 9.83. The fourth-order valence-corrected chi connectivity index (χ4v) is 3.55. The maximum absolute atomic E-state index is 12.6. The van der Waals surface area contributed by atoms with Crippen LogP contribution in [0.1, 0.15) is 42.7 Å². The zero-order chi connectivity index (χ0) is 19.2. The number of anilines is 1. The first-order valence-electron chi connectivity index (χ1n) is 9.23. The molecule has 0 radical (unpaired) electrons. The lowest BCUT2D eigenvalue weighted by Gasteiger charge is -2.29. The smallest absolute Gasteiger partial charge is 0.287 e. The molecule has 1 heterocycles. The van der Waals surface area contributed by atoms with Gasteiger partial charge in [-0.25, -0.2) is 0 Å². The molecule has 1 aliphatic rings. The van der Waals surface area contributed by atoms with Gasteiger partial charge in [0, 0.05) is 18.3 Å². The Labute approximate surface area is 158 Å². The molecule has 2 amide bonds. The second-order valence-electron chi connectivity index (χ2n) is 6.81. The van der Waals surface area contributed by atoms with Crippen LogP contribution in [0, 0.1) is 11.1 Å². The van der Waals surface area contributed by atoms with E-state index >= 15 is 0 Å². The van der Waals surface area contributed by atoms with Crippen LogP contribution in [0.25, 0.3) is 11.3 Å². The fraction of sp³-hybridized carbons (Fsp3) is 0.400. The Morgan fingerprint density at radius 2 is 1.78 bits per heavy atom. The predicted molar refractivity (Wildman–Crippen MR) is 103 cm³/mol. The Morgan fingerprint density at radius 1 is 1.07 bits per heavy atom. The van der Waals surface area contributed by atoms with Crippen molar-refractivity contribution in [2.45, 2.75) is 38.1 Å². The molecule has 1 aliphatic carbocycles. The van der Waals surface area contributed by atoms with E-state index in [0.29, 0.717) is 11.4 Å². The maximum Gasteiger partial charge on any atom is 0.287 e. The minimum absolute atomic E-state index is 0.143. The molecule has 7 heteroatoms. The normalized spacial score (nSPS) is 15.8. The van der Waals surface area contributed by atoms with E-state index in [-0.39, 0.29) is 17.6 Å². The number of hydrogen-bond donors (Lipinski definition) is 3. The third-order valence-electron chi connectivity index (χ3n) is 5.05. The second kappa shape index (κ2) is 8.73. The molecule has 27 heavy (non-hydrogen) atoms. The van der Waals surface area contributed by atoms with Gasteiger partial charge in [-0.1, -0.05) is 19.3 Å². The summed E-state index contributed by atoms with van der Waals surface area (Å²) in [4.78, 5) is 24.9. The van der Waals surface area contributed by atoms with Crippen LogP contribution in [0.4, 0.5) is 5.69 Å². The SMILES string of the molecule is CNC(=O)[C@@H](NC(=O)c1ccc(-c2ccc(N[O-])cc2)o1)C1CCCCC1. The van der Waals surface area contributed by atoms with Gasteiger partial charge in [0.1, 0.15) is 11.8 Å². The van der Waals surface area contributed by atoms with E-state index in [9.17, 15) is 14.8 Å². The summed E-state index contributed by atoms with van der Waals surface area (Å²) < 4.78 is 5.66. The molecule has 0 spiro atoms. The molecule has 7 nitrogen and oxygen atoms in total. The molecule has 0 aliphatic heterocycles. The molecule has 0 saturated heterocycles. The van der Waals surface area contributed by atoms with Gasteiger partial charge in [0.05, 0.1) is 0 Å². The van der Waals surface area contributed by atoms with Crippen LogP contribution in [-0.4, -0.2) is 24.9 Å². The van der Waals surface area contributed by atoms with E-state index in [4.69, 9.17) is 4.42 Å². The molecule has 0 unspecified atom stereocenters. The standard InChI is InChI=1S/C20H24N3O4/c1-21-20(25)18(14-5-3-2-4-6-14)22-19(24)17-12-11-16(27-17)13-7-9-15(23-26)10-8-13/h7-12,14,18,23H,2-6H2,1H3,(H,21,25)(H,22,24)/q-1/t18-/m0/s1. The van der Waals surface area contributed by atoms with Crippen LogP contribution in [-0.2, 0) is 4.79 Å². The highest BCUT2D eigenvalue weighted by molar-refractivity contribution is 5.96. The van der Waals surface area contributed by atoms with Crippen LogP contribution in [0.2, 0.25) is 0 Å². The Kier molecular flexibility index (Phi) is 6.13. The highest BCUT2D eigenvalue weighted by atomic mass is 16.5. The van der Waals surface area contributed by atoms with Gasteiger partial charge < -0.3 is 25.7 Å². The van der Waals surface area contributed by atoms with Gasteiger partial charge in [-0.2, -0.15) is 0 Å². The van der Waals surface area contributed by atoms with Crippen LogP contribution in [0.5, 0.6) is 0 Å². The van der Waals surface area contributed by atoms with E-state index in [1.54, 1.807) is 43.4 Å². The Bertz CT molecular complexity index is 779. The van der Waals surface area contributed by atoms with Crippen LogP contribution in [0.3, 0.4) is 0 Å². The molecule has 2 aromatic rings. The van der Waals surface area contributed by atoms with Crippen molar-refractivity contribution in [2.75, 3.05) is 12.5 Å². The number of hydrogen-bond acceptors (Lipinski definition) is 5. The third kappa shape index (κ3) is 4.49. The summed E-state index contributed by atoms with van der Waals surface area (Å²) in [5, 5.41) is 16.1. The van der Waals surface area contributed by atoms with Gasteiger partial charge in [-0.3, -0.25) is 9.59 Å². The predicted octanol–water partition coefficient (Wildman–Crippen LogP) is 3.28. The molecule has 1 aromatic carbocycles. The van der Waals surface area contributed by atoms with Gasteiger partial charge in [0.25, 0.3) is 5.91 Å². The summed E-state index contributed by atoms with van der Waals surface area (Å²) in [6, 6.07) is 9.46. The number of likely N-dealkylation sites (N-methyl/N-ethyl adjacent to an activating group) is 1. The summed E-state index contributed by atoms with van der Waals surface area (Å²) >= 11 is 0. The topological polar surface area (TPSA) is 106 Å². The number of furan rings is 1. The van der Waals surface area contributed by atoms with Crippen LogP contribution < -0.4 is 16.1 Å². The summed E-state index contributed by atoms with van der Waals surface area (Å²) in [5.74, 6) is 0.234. The lowest BCUT2D eigenvalue weighted by Crippen LogP contribution is -2.50.